The van der Waals surface area contributed by atoms with Crippen molar-refractivity contribution >= 4 is 34.8 Å². The van der Waals surface area contributed by atoms with Crippen LogP contribution in [0.2, 0.25) is 0 Å². The standard InChI is InChI=1S/C13H12N4O3/c1-16-11-6-8(2-3-9(11)10(7-18)15-16)17-5-4-12(19)14-13(17)20/h2-3,6-7H,4-5H2,1H3,(H,14,19,20). The second-order valence-electron chi connectivity index (χ2n) is 4.58. The maximum atomic E-state index is 11.8. The first kappa shape index (κ1) is 12.3. The van der Waals surface area contributed by atoms with E-state index >= 15 is 0 Å². The summed E-state index contributed by atoms with van der Waals surface area (Å²) in [7, 11) is 1.74. The van der Waals surface area contributed by atoms with Crippen LogP contribution in [0.15, 0.2) is 18.2 Å². The molecule has 0 aliphatic carbocycles. The summed E-state index contributed by atoms with van der Waals surface area (Å²) in [5.74, 6) is -0.267. The second-order valence-corrected chi connectivity index (χ2v) is 4.58. The molecule has 1 N–H and O–H groups in total. The molecule has 1 aliphatic heterocycles. The van der Waals surface area contributed by atoms with Crippen LogP contribution in [0.5, 0.6) is 0 Å². The number of aromatic nitrogens is 2. The molecular weight excluding hydrogens is 260 g/mol. The quantitative estimate of drug-likeness (QED) is 0.821. The zero-order chi connectivity index (χ0) is 14.3. The van der Waals surface area contributed by atoms with Gasteiger partial charge in [-0.05, 0) is 18.2 Å². The number of benzene rings is 1. The molecule has 1 aliphatic rings. The number of carbonyl (C=O) groups excluding carboxylic acids is 3. The van der Waals surface area contributed by atoms with E-state index in [9.17, 15) is 14.4 Å². The number of aryl methyl sites for hydroxylation is 1. The maximum absolute atomic E-state index is 11.8. The molecule has 1 aromatic heterocycles. The molecule has 0 saturated carbocycles. The Hall–Kier alpha value is -2.70. The van der Waals surface area contributed by atoms with Gasteiger partial charge in [0.15, 0.2) is 6.29 Å². The minimum absolute atomic E-state index is 0.267. The van der Waals surface area contributed by atoms with Crippen molar-refractivity contribution in [3.05, 3.63) is 23.9 Å². The molecule has 0 atom stereocenters. The van der Waals surface area contributed by atoms with Gasteiger partial charge in [-0.2, -0.15) is 5.10 Å². The fourth-order valence-corrected chi connectivity index (χ4v) is 2.34. The van der Waals surface area contributed by atoms with Crippen molar-refractivity contribution in [2.24, 2.45) is 7.05 Å². The molecule has 3 amide bonds. The molecule has 1 fully saturated rings. The van der Waals surface area contributed by atoms with Crippen LogP contribution in [-0.4, -0.2) is 34.5 Å². The normalized spacial score (nSPS) is 15.6. The van der Waals surface area contributed by atoms with Crippen LogP contribution >= 0.6 is 0 Å². The first-order valence-electron chi connectivity index (χ1n) is 6.13. The molecule has 0 bridgehead atoms. The molecule has 2 heterocycles. The summed E-state index contributed by atoms with van der Waals surface area (Å²) < 4.78 is 1.59. The Balaban J connectivity index is 2.05. The lowest BCUT2D eigenvalue weighted by atomic mass is 10.1. The van der Waals surface area contributed by atoms with Gasteiger partial charge in [-0.1, -0.05) is 0 Å². The van der Waals surface area contributed by atoms with Crippen LogP contribution in [0.25, 0.3) is 10.9 Å². The van der Waals surface area contributed by atoms with E-state index in [-0.39, 0.29) is 12.3 Å². The van der Waals surface area contributed by atoms with E-state index in [2.05, 4.69) is 10.4 Å². The number of imide groups is 1. The van der Waals surface area contributed by atoms with Crippen molar-refractivity contribution in [1.29, 1.82) is 0 Å². The molecule has 0 unspecified atom stereocenters. The van der Waals surface area contributed by atoms with Crippen molar-refractivity contribution in [2.75, 3.05) is 11.4 Å². The van der Waals surface area contributed by atoms with E-state index in [1.54, 1.807) is 29.9 Å². The SMILES string of the molecule is Cn1nc(C=O)c2ccc(N3CCC(=O)NC3=O)cc21. The largest absolute Gasteiger partial charge is 0.328 e. The maximum Gasteiger partial charge on any atom is 0.328 e. The summed E-state index contributed by atoms with van der Waals surface area (Å²) >= 11 is 0. The average molecular weight is 272 g/mol. The van der Waals surface area contributed by atoms with Gasteiger partial charge < -0.3 is 0 Å². The number of carbonyl (C=O) groups is 3. The van der Waals surface area contributed by atoms with Gasteiger partial charge in [0.2, 0.25) is 5.91 Å². The van der Waals surface area contributed by atoms with Crippen molar-refractivity contribution in [1.82, 2.24) is 15.1 Å². The summed E-state index contributed by atoms with van der Waals surface area (Å²) in [5, 5.41) is 7.11. The Morgan fingerprint density at radius 1 is 1.35 bits per heavy atom. The van der Waals surface area contributed by atoms with Crippen molar-refractivity contribution < 1.29 is 14.4 Å². The molecule has 0 radical (unpaired) electrons. The van der Waals surface area contributed by atoms with Crippen LogP contribution in [0.1, 0.15) is 16.9 Å². The summed E-state index contributed by atoms with van der Waals surface area (Å²) in [4.78, 5) is 35.4. The smallest absolute Gasteiger partial charge is 0.296 e. The van der Waals surface area contributed by atoms with Gasteiger partial charge in [-0.15, -0.1) is 0 Å². The number of hydrogen-bond donors (Lipinski definition) is 1. The molecule has 3 rings (SSSR count). The molecule has 102 valence electrons. The highest BCUT2D eigenvalue weighted by Crippen LogP contribution is 2.24. The zero-order valence-corrected chi connectivity index (χ0v) is 10.8. The summed E-state index contributed by atoms with van der Waals surface area (Å²) in [6.07, 6.45) is 0.975. The number of nitrogens with zero attached hydrogens (tertiary/aromatic N) is 3. The predicted octanol–water partition coefficient (Wildman–Crippen LogP) is 0.832. The monoisotopic (exact) mass is 272 g/mol. The Morgan fingerprint density at radius 2 is 2.15 bits per heavy atom. The molecule has 7 nitrogen and oxygen atoms in total. The first-order valence-corrected chi connectivity index (χ1v) is 6.13. The number of fused-ring (bicyclic) bond motifs is 1. The van der Waals surface area contributed by atoms with E-state index in [0.717, 1.165) is 10.9 Å². The van der Waals surface area contributed by atoms with Gasteiger partial charge in [0.25, 0.3) is 0 Å². The molecule has 0 spiro atoms. The third kappa shape index (κ3) is 1.83. The van der Waals surface area contributed by atoms with Gasteiger partial charge in [0.1, 0.15) is 5.69 Å². The van der Waals surface area contributed by atoms with E-state index in [4.69, 9.17) is 0 Å². The first-order chi connectivity index (χ1) is 9.60. The lowest BCUT2D eigenvalue weighted by Crippen LogP contribution is -2.49. The van der Waals surface area contributed by atoms with Crippen molar-refractivity contribution in [3.63, 3.8) is 0 Å². The number of amides is 3. The Bertz CT molecular complexity index is 735. The van der Waals surface area contributed by atoms with Gasteiger partial charge in [0, 0.05) is 31.1 Å². The molecule has 7 heteroatoms. The molecule has 1 aromatic carbocycles. The molecule has 1 saturated heterocycles. The van der Waals surface area contributed by atoms with E-state index in [1.807, 2.05) is 0 Å². The van der Waals surface area contributed by atoms with Gasteiger partial charge in [-0.3, -0.25) is 24.5 Å². The number of rotatable bonds is 2. The summed E-state index contributed by atoms with van der Waals surface area (Å²) in [6, 6.07) is 4.85. The summed E-state index contributed by atoms with van der Waals surface area (Å²) in [5.41, 5.74) is 1.80. The predicted molar refractivity (Wildman–Crippen MR) is 71.6 cm³/mol. The third-order valence-electron chi connectivity index (χ3n) is 3.34. The fourth-order valence-electron chi connectivity index (χ4n) is 2.34. The molecule has 2 aromatic rings. The fraction of sp³-hybridized carbons (Fsp3) is 0.231. The molecule has 20 heavy (non-hydrogen) atoms. The topological polar surface area (TPSA) is 84.3 Å². The van der Waals surface area contributed by atoms with Crippen LogP contribution in [-0.2, 0) is 11.8 Å². The van der Waals surface area contributed by atoms with Crippen molar-refractivity contribution in [3.8, 4) is 0 Å². The zero-order valence-electron chi connectivity index (χ0n) is 10.8. The van der Waals surface area contributed by atoms with Crippen LogP contribution in [0, 0.1) is 0 Å². The summed E-state index contributed by atoms with van der Waals surface area (Å²) in [6.45, 7) is 0.342. The third-order valence-corrected chi connectivity index (χ3v) is 3.34. The Labute approximate surface area is 114 Å². The number of nitrogens with one attached hydrogen (secondary N) is 1. The van der Waals surface area contributed by atoms with Gasteiger partial charge in [0.05, 0.1) is 5.52 Å². The van der Waals surface area contributed by atoms with Gasteiger partial charge in [-0.25, -0.2) is 4.79 Å². The van der Waals surface area contributed by atoms with Crippen LogP contribution in [0.4, 0.5) is 10.5 Å². The lowest BCUT2D eigenvalue weighted by Gasteiger charge is -2.26. The van der Waals surface area contributed by atoms with E-state index < -0.39 is 6.03 Å². The highest BCUT2D eigenvalue weighted by molar-refractivity contribution is 6.06. The Kier molecular flexibility index (Phi) is 2.74. The highest BCUT2D eigenvalue weighted by atomic mass is 16.2. The number of anilines is 1. The van der Waals surface area contributed by atoms with E-state index in [0.29, 0.717) is 24.2 Å². The lowest BCUT2D eigenvalue weighted by molar-refractivity contribution is -0.120. The highest BCUT2D eigenvalue weighted by Gasteiger charge is 2.24. The van der Waals surface area contributed by atoms with Crippen molar-refractivity contribution in [2.45, 2.75) is 6.42 Å². The number of hydrogen-bond acceptors (Lipinski definition) is 4. The second kappa shape index (κ2) is 4.44. The minimum Gasteiger partial charge on any atom is -0.296 e. The van der Waals surface area contributed by atoms with Gasteiger partial charge >= 0.3 is 6.03 Å². The number of aldehydes is 1. The van der Waals surface area contributed by atoms with Crippen LogP contribution < -0.4 is 10.2 Å². The number of urea groups is 1. The van der Waals surface area contributed by atoms with E-state index in [1.165, 1.54) is 4.90 Å². The Morgan fingerprint density at radius 3 is 2.85 bits per heavy atom. The molecular formula is C13H12N4O3. The van der Waals surface area contributed by atoms with Crippen LogP contribution in [0.3, 0.4) is 0 Å². The average Bonchev–Trinajstić information content (AvgIpc) is 2.75. The minimum atomic E-state index is -0.432.